The minimum atomic E-state index is -4.52. The third-order valence-corrected chi connectivity index (χ3v) is 4.54. The van der Waals surface area contributed by atoms with Gasteiger partial charge in [0.2, 0.25) is 5.95 Å². The number of guanidine groups is 1. The first-order chi connectivity index (χ1) is 14.9. The van der Waals surface area contributed by atoms with Crippen molar-refractivity contribution in [1.29, 1.82) is 0 Å². The largest absolute Gasteiger partial charge is 0.459 e. The third kappa shape index (κ3) is 6.97. The van der Waals surface area contributed by atoms with Gasteiger partial charge in [0.1, 0.15) is 5.69 Å². The molecular formula is C19H25F3IN7O2. The Bertz CT molecular complexity index is 885. The summed E-state index contributed by atoms with van der Waals surface area (Å²) >= 11 is 0. The smallest absolute Gasteiger partial charge is 0.433 e. The molecule has 1 fully saturated rings. The highest BCUT2D eigenvalue weighted by Crippen LogP contribution is 2.27. The van der Waals surface area contributed by atoms with E-state index in [9.17, 15) is 18.0 Å². The van der Waals surface area contributed by atoms with Gasteiger partial charge in [-0.2, -0.15) is 13.2 Å². The summed E-state index contributed by atoms with van der Waals surface area (Å²) in [6, 6.07) is 4.14. The van der Waals surface area contributed by atoms with Gasteiger partial charge in [0.15, 0.2) is 11.7 Å². The van der Waals surface area contributed by atoms with Crippen LogP contribution in [0, 0.1) is 0 Å². The number of carbonyl (C=O) groups excluding carboxylic acids is 1. The summed E-state index contributed by atoms with van der Waals surface area (Å²) < 4.78 is 43.3. The number of alkyl halides is 3. The van der Waals surface area contributed by atoms with E-state index >= 15 is 0 Å². The molecule has 1 aliphatic heterocycles. The molecule has 0 saturated carbocycles. The molecule has 0 unspecified atom stereocenters. The Balaban J connectivity index is 0.00000363. The second kappa shape index (κ2) is 11.9. The first-order valence-electron chi connectivity index (χ1n) is 9.88. The van der Waals surface area contributed by atoms with E-state index in [-0.39, 0.29) is 42.4 Å². The molecule has 0 radical (unpaired) electrons. The Hall–Kier alpha value is -2.58. The normalized spacial score (nSPS) is 14.7. The van der Waals surface area contributed by atoms with Crippen molar-refractivity contribution in [2.45, 2.75) is 13.1 Å². The lowest BCUT2D eigenvalue weighted by molar-refractivity contribution is -0.141. The zero-order chi connectivity index (χ0) is 22.3. The summed E-state index contributed by atoms with van der Waals surface area (Å²) in [4.78, 5) is 27.9. The van der Waals surface area contributed by atoms with Crippen molar-refractivity contribution in [3.63, 3.8) is 0 Å². The number of nitrogens with zero attached hydrogens (tertiary/aromatic N) is 5. The molecule has 176 valence electrons. The van der Waals surface area contributed by atoms with Crippen LogP contribution in [0.3, 0.4) is 0 Å². The summed E-state index contributed by atoms with van der Waals surface area (Å²) in [6.07, 6.45) is -1.98. The lowest BCUT2D eigenvalue weighted by Crippen LogP contribution is -2.53. The van der Waals surface area contributed by atoms with Crippen LogP contribution in [-0.4, -0.2) is 77.4 Å². The van der Waals surface area contributed by atoms with E-state index in [0.717, 1.165) is 12.3 Å². The molecule has 2 aromatic rings. The van der Waals surface area contributed by atoms with Crippen molar-refractivity contribution in [3.05, 3.63) is 42.1 Å². The van der Waals surface area contributed by atoms with Crippen molar-refractivity contribution in [2.75, 3.05) is 51.1 Å². The summed E-state index contributed by atoms with van der Waals surface area (Å²) in [7, 11) is 0. The number of amides is 1. The minimum Gasteiger partial charge on any atom is -0.459 e. The predicted octanol–water partition coefficient (Wildman–Crippen LogP) is 2.54. The second-order valence-corrected chi connectivity index (χ2v) is 6.68. The Morgan fingerprint density at radius 1 is 1.22 bits per heavy atom. The molecule has 3 rings (SSSR count). The average molecular weight is 567 g/mol. The van der Waals surface area contributed by atoms with E-state index in [2.05, 4.69) is 25.6 Å². The topological polar surface area (TPSA) is 98.9 Å². The maximum Gasteiger partial charge on any atom is 0.433 e. The lowest BCUT2D eigenvalue weighted by atomic mass is 10.3. The molecular weight excluding hydrogens is 542 g/mol. The monoisotopic (exact) mass is 567 g/mol. The van der Waals surface area contributed by atoms with Crippen LogP contribution in [-0.2, 0) is 6.18 Å². The average Bonchev–Trinajstić information content (AvgIpc) is 3.30. The standard InChI is InChI=1S/C19H24F3N7O2.HI/c1-2-23-18(26-8-7-25-17-24-6-5-15(27-17)19(20,21)22)29-11-9-28(10-12-29)16(30)14-4-3-13-31-14;/h3-6,13H,2,7-12H2,1H3,(H,23,26)(H,24,25,27);1H. The van der Waals surface area contributed by atoms with Crippen molar-refractivity contribution in [1.82, 2.24) is 25.1 Å². The minimum absolute atomic E-state index is 0. The number of hydrogen-bond acceptors (Lipinski definition) is 6. The van der Waals surface area contributed by atoms with E-state index in [4.69, 9.17) is 4.42 Å². The number of carbonyl (C=O) groups is 1. The van der Waals surface area contributed by atoms with Crippen molar-refractivity contribution < 1.29 is 22.4 Å². The molecule has 0 bridgehead atoms. The van der Waals surface area contributed by atoms with Crippen LogP contribution < -0.4 is 10.6 Å². The van der Waals surface area contributed by atoms with Gasteiger partial charge in [-0.25, -0.2) is 9.97 Å². The van der Waals surface area contributed by atoms with Gasteiger partial charge in [0.05, 0.1) is 12.8 Å². The number of rotatable bonds is 6. The summed E-state index contributed by atoms with van der Waals surface area (Å²) in [5.74, 6) is 0.758. The lowest BCUT2D eigenvalue weighted by Gasteiger charge is -2.36. The quantitative estimate of drug-likeness (QED) is 0.240. The van der Waals surface area contributed by atoms with E-state index in [0.29, 0.717) is 51.0 Å². The predicted molar refractivity (Wildman–Crippen MR) is 123 cm³/mol. The number of furan rings is 1. The highest BCUT2D eigenvalue weighted by Gasteiger charge is 2.32. The maximum absolute atomic E-state index is 12.7. The zero-order valence-corrected chi connectivity index (χ0v) is 19.8. The number of nitrogens with one attached hydrogen (secondary N) is 2. The molecule has 2 aromatic heterocycles. The molecule has 0 aliphatic carbocycles. The Morgan fingerprint density at radius 3 is 2.56 bits per heavy atom. The second-order valence-electron chi connectivity index (χ2n) is 6.68. The fourth-order valence-corrected chi connectivity index (χ4v) is 3.03. The van der Waals surface area contributed by atoms with Gasteiger partial charge in [0.25, 0.3) is 5.91 Å². The van der Waals surface area contributed by atoms with Gasteiger partial charge in [-0.3, -0.25) is 9.79 Å². The van der Waals surface area contributed by atoms with Gasteiger partial charge >= 0.3 is 6.18 Å². The summed E-state index contributed by atoms with van der Waals surface area (Å²) in [6.45, 7) is 5.45. The summed E-state index contributed by atoms with van der Waals surface area (Å²) in [5.41, 5.74) is -0.996. The number of aromatic nitrogens is 2. The maximum atomic E-state index is 12.7. The number of halogens is 4. The number of hydrogen-bond donors (Lipinski definition) is 2. The summed E-state index contributed by atoms with van der Waals surface area (Å²) in [5, 5.41) is 5.95. The molecule has 0 spiro atoms. The molecule has 2 N–H and O–H groups in total. The molecule has 13 heteroatoms. The molecule has 0 atom stereocenters. The van der Waals surface area contributed by atoms with Gasteiger partial charge in [-0.05, 0) is 25.1 Å². The third-order valence-electron chi connectivity index (χ3n) is 4.54. The first kappa shape index (κ1) is 25.7. The van der Waals surface area contributed by atoms with Gasteiger partial charge in [-0.1, -0.05) is 0 Å². The van der Waals surface area contributed by atoms with Crippen LogP contribution in [0.25, 0.3) is 0 Å². The van der Waals surface area contributed by atoms with E-state index < -0.39 is 11.9 Å². The highest BCUT2D eigenvalue weighted by atomic mass is 127. The van der Waals surface area contributed by atoms with Gasteiger partial charge < -0.3 is 24.9 Å². The number of aliphatic imine (C=N–C) groups is 1. The molecule has 32 heavy (non-hydrogen) atoms. The van der Waals surface area contributed by atoms with E-state index in [1.54, 1.807) is 17.0 Å². The van der Waals surface area contributed by atoms with E-state index in [1.807, 2.05) is 11.8 Å². The van der Waals surface area contributed by atoms with E-state index in [1.165, 1.54) is 6.26 Å². The number of anilines is 1. The van der Waals surface area contributed by atoms with Crippen LogP contribution in [0.2, 0.25) is 0 Å². The molecule has 1 saturated heterocycles. The van der Waals surface area contributed by atoms with Crippen molar-refractivity contribution in [2.24, 2.45) is 4.99 Å². The van der Waals surface area contributed by atoms with Crippen LogP contribution in [0.1, 0.15) is 23.2 Å². The van der Waals surface area contributed by atoms with Crippen LogP contribution in [0.4, 0.5) is 19.1 Å². The zero-order valence-electron chi connectivity index (χ0n) is 17.4. The van der Waals surface area contributed by atoms with Crippen molar-refractivity contribution >= 4 is 41.8 Å². The Labute approximate surface area is 200 Å². The molecule has 9 nitrogen and oxygen atoms in total. The van der Waals surface area contributed by atoms with Crippen LogP contribution >= 0.6 is 24.0 Å². The van der Waals surface area contributed by atoms with Crippen LogP contribution in [0.15, 0.2) is 40.1 Å². The first-order valence-corrected chi connectivity index (χ1v) is 9.88. The SMILES string of the molecule is CCNC(=NCCNc1nccc(C(F)(F)F)n1)N1CCN(C(=O)c2ccco2)CC1.I. The Kier molecular flexibility index (Phi) is 9.53. The molecule has 1 aliphatic rings. The molecule has 1 amide bonds. The fourth-order valence-electron chi connectivity index (χ4n) is 3.03. The molecule has 3 heterocycles. The highest BCUT2D eigenvalue weighted by molar-refractivity contribution is 14.0. The number of piperazine rings is 1. The van der Waals surface area contributed by atoms with Crippen molar-refractivity contribution in [3.8, 4) is 0 Å². The Morgan fingerprint density at radius 2 is 1.94 bits per heavy atom. The van der Waals surface area contributed by atoms with Crippen LogP contribution in [0.5, 0.6) is 0 Å². The van der Waals surface area contributed by atoms with Gasteiger partial charge in [-0.15, -0.1) is 24.0 Å². The van der Waals surface area contributed by atoms with Gasteiger partial charge in [0, 0.05) is 45.5 Å². The fraction of sp³-hybridized carbons (Fsp3) is 0.474. The molecule has 0 aromatic carbocycles.